The van der Waals surface area contributed by atoms with Gasteiger partial charge in [0.1, 0.15) is 0 Å². The van der Waals surface area contributed by atoms with E-state index >= 15 is 0 Å². The van der Waals surface area contributed by atoms with Crippen LogP contribution in [0.15, 0.2) is 115 Å². The van der Waals surface area contributed by atoms with Crippen LogP contribution in [0.25, 0.3) is 54.6 Å². The summed E-state index contributed by atoms with van der Waals surface area (Å²) >= 11 is -0.826. The number of halogens is 2. The van der Waals surface area contributed by atoms with Gasteiger partial charge in [-0.15, -0.1) is 68.6 Å². The number of benzene rings is 5. The molecule has 7 aromatic rings. The molecule has 7 rings (SSSR count). The molecule has 0 atom stereocenters. The summed E-state index contributed by atoms with van der Waals surface area (Å²) in [6.07, 6.45) is 0. The summed E-state index contributed by atoms with van der Waals surface area (Å²) in [4.78, 5) is 0. The Hall–Kier alpha value is -2.74. The van der Waals surface area contributed by atoms with Gasteiger partial charge in [-0.05, 0) is 52.8 Å². The summed E-state index contributed by atoms with van der Waals surface area (Å²) in [7, 11) is 11.0. The Labute approximate surface area is 303 Å². The van der Waals surface area contributed by atoms with Crippen LogP contribution in [-0.4, -0.2) is 9.52 Å². The van der Waals surface area contributed by atoms with E-state index < -0.39 is 20.8 Å². The predicted octanol–water partition coefficient (Wildman–Crippen LogP) is 14.1. The normalized spacial score (nSPS) is 10.5. The molecule has 0 nitrogen and oxygen atoms in total. The number of hydrogen-bond acceptors (Lipinski definition) is 0. The van der Waals surface area contributed by atoms with Gasteiger partial charge in [0.25, 0.3) is 0 Å². The molecule has 0 spiro atoms. The first kappa shape index (κ1) is 37.1. The minimum atomic E-state index is -0.826. The summed E-state index contributed by atoms with van der Waals surface area (Å²) in [5.41, 5.74) is 12.2. The van der Waals surface area contributed by atoms with Crippen LogP contribution in [-0.2, 0) is 20.8 Å². The number of aryl methyl sites for hydroxylation is 3. The van der Waals surface area contributed by atoms with Gasteiger partial charge < -0.3 is 0 Å². The maximum atomic E-state index is 4.93. The third kappa shape index (κ3) is 8.84. The van der Waals surface area contributed by atoms with E-state index in [1.807, 2.05) is 0 Å². The molecule has 0 aliphatic carbocycles. The van der Waals surface area contributed by atoms with Crippen molar-refractivity contribution in [3.8, 4) is 22.3 Å². The van der Waals surface area contributed by atoms with Crippen LogP contribution < -0.4 is 0 Å². The van der Waals surface area contributed by atoms with Gasteiger partial charge in [-0.1, -0.05) is 125 Å². The fraction of sp³-hybridized carbons (Fsp3) is 0.209. The third-order valence-corrected chi connectivity index (χ3v) is 8.66. The topological polar surface area (TPSA) is 0 Å². The van der Waals surface area contributed by atoms with Gasteiger partial charge in [0.15, 0.2) is 0 Å². The van der Waals surface area contributed by atoms with Crippen molar-refractivity contribution in [1.29, 1.82) is 0 Å². The molecule has 4 heteroatoms. The van der Waals surface area contributed by atoms with E-state index in [-0.39, 0.29) is 0 Å². The van der Waals surface area contributed by atoms with Gasteiger partial charge in [-0.3, -0.25) is 0 Å². The summed E-state index contributed by atoms with van der Waals surface area (Å²) in [5.74, 6) is 0.578. The second-order valence-corrected chi connectivity index (χ2v) is 17.1. The van der Waals surface area contributed by atoms with E-state index in [2.05, 4.69) is 170 Å². The van der Waals surface area contributed by atoms with E-state index in [9.17, 15) is 0 Å². The number of hydrogen-bond donors (Lipinski definition) is 0. The average molecular weight is 751 g/mol. The van der Waals surface area contributed by atoms with Crippen molar-refractivity contribution in [1.82, 2.24) is 0 Å². The summed E-state index contributed by atoms with van der Waals surface area (Å²) in [6, 6.07) is 42.2. The van der Waals surface area contributed by atoms with E-state index in [4.69, 9.17) is 17.0 Å². The molecule has 0 N–H and O–H groups in total. The van der Waals surface area contributed by atoms with Crippen LogP contribution in [0.1, 0.15) is 47.6 Å². The van der Waals surface area contributed by atoms with Crippen LogP contribution >= 0.6 is 17.0 Å². The van der Waals surface area contributed by atoms with Crippen molar-refractivity contribution in [2.75, 3.05) is 0 Å². The predicted molar refractivity (Wildman–Crippen MR) is 210 cm³/mol. The molecule has 0 bridgehead atoms. The first-order valence-electron chi connectivity index (χ1n) is 16.1. The Morgan fingerprint density at radius 2 is 1.17 bits per heavy atom. The Bertz CT molecular complexity index is 2060. The first-order valence-corrected chi connectivity index (χ1v) is 24.4. The molecule has 0 aliphatic rings. The second-order valence-electron chi connectivity index (χ2n) is 12.4. The zero-order valence-corrected chi connectivity index (χ0v) is 33.8. The molecule has 7 aromatic carbocycles. The molecule has 0 saturated heterocycles. The first-order chi connectivity index (χ1) is 22.6. The Kier molecular flexibility index (Phi) is 13.9. The standard InChI is InChI=1S/C21H17.C20H21.C2H6Si.2ClH.Zr/c1-14-12-20-15(2)10-11-19(21(20)13-14)18-9-5-7-16-6-3-4-8-17(16)18;1-13(2)17-11-16-8-6-10-19(20(16)12-17)18-9-5-7-14(3)15(18)4;1-3-2;;;/h3-13H,1-2H3;5-13H,1-4H3;1-2H3;2*1H;/q2*-1;;;;+4/p-2. The van der Waals surface area contributed by atoms with Gasteiger partial charge in [0.05, 0.1) is 0 Å². The molecule has 0 amide bonds. The van der Waals surface area contributed by atoms with E-state index in [1.54, 1.807) is 0 Å². The number of rotatable bonds is 3. The minimum absolute atomic E-state index is 0.578. The number of fused-ring (bicyclic) bond motifs is 3. The molecule has 2 radical (unpaired) electrons. The van der Waals surface area contributed by atoms with Gasteiger partial charge in [0.2, 0.25) is 0 Å². The second kappa shape index (κ2) is 17.6. The van der Waals surface area contributed by atoms with Crippen molar-refractivity contribution >= 4 is 58.9 Å². The van der Waals surface area contributed by atoms with Crippen LogP contribution in [0.3, 0.4) is 0 Å². The molecule has 0 saturated carbocycles. The summed E-state index contributed by atoms with van der Waals surface area (Å²) in [5, 5.41) is 8.09. The Balaban J connectivity index is 0.000000183. The van der Waals surface area contributed by atoms with Gasteiger partial charge in [-0.2, -0.15) is 12.1 Å². The molecular weight excluding hydrogens is 707 g/mol. The zero-order chi connectivity index (χ0) is 34.1. The fourth-order valence-electron chi connectivity index (χ4n) is 6.15. The average Bonchev–Trinajstić information content (AvgIpc) is 3.68. The monoisotopic (exact) mass is 748 g/mol. The van der Waals surface area contributed by atoms with Crippen molar-refractivity contribution in [3.05, 3.63) is 143 Å². The van der Waals surface area contributed by atoms with Crippen LogP contribution in [0.4, 0.5) is 0 Å². The van der Waals surface area contributed by atoms with Crippen molar-refractivity contribution < 1.29 is 20.8 Å². The zero-order valence-electron chi connectivity index (χ0n) is 28.8. The maximum absolute atomic E-state index is 4.93. The molecule has 47 heavy (non-hydrogen) atoms. The van der Waals surface area contributed by atoms with Gasteiger partial charge in [-0.25, -0.2) is 0 Å². The van der Waals surface area contributed by atoms with E-state index in [0.717, 1.165) is 9.52 Å². The Morgan fingerprint density at radius 1 is 0.596 bits per heavy atom. The molecular formula is C43H44Cl2SiZr. The van der Waals surface area contributed by atoms with Crippen molar-refractivity contribution in [2.45, 2.75) is 60.6 Å². The quantitative estimate of drug-likeness (QED) is 0.125. The van der Waals surface area contributed by atoms with E-state index in [1.165, 1.54) is 82.4 Å². The SMILES string of the molecule is C[Si]C.Cc1cc2c(-c3cccc4ccccc34)ccc(C)c2[cH-]1.Cc1cccc(-c2cccc3[cH-]c(C(C)C)cc23)c1C.[Cl][Zr+2][Cl]. The van der Waals surface area contributed by atoms with Gasteiger partial charge >= 0.3 is 37.9 Å². The van der Waals surface area contributed by atoms with Crippen LogP contribution in [0.5, 0.6) is 0 Å². The van der Waals surface area contributed by atoms with Crippen molar-refractivity contribution in [2.24, 2.45) is 0 Å². The summed E-state index contributed by atoms with van der Waals surface area (Å²) < 4.78 is 0. The van der Waals surface area contributed by atoms with Crippen LogP contribution in [0.2, 0.25) is 13.1 Å². The third-order valence-electron chi connectivity index (χ3n) is 8.66. The van der Waals surface area contributed by atoms with Crippen LogP contribution in [0, 0.1) is 27.7 Å². The molecule has 0 aromatic heterocycles. The summed E-state index contributed by atoms with van der Waals surface area (Å²) in [6.45, 7) is 17.6. The molecule has 0 fully saturated rings. The molecule has 0 aliphatic heterocycles. The fourth-order valence-corrected chi connectivity index (χ4v) is 6.15. The van der Waals surface area contributed by atoms with Crippen molar-refractivity contribution in [3.63, 3.8) is 0 Å². The van der Waals surface area contributed by atoms with Gasteiger partial charge in [0, 0.05) is 9.52 Å². The molecule has 238 valence electrons. The Morgan fingerprint density at radius 3 is 1.87 bits per heavy atom. The van der Waals surface area contributed by atoms with E-state index in [0.29, 0.717) is 5.92 Å². The molecule has 0 heterocycles. The molecule has 0 unspecified atom stereocenters.